The SMILES string of the molecule is CCC(C)C(=O)NNC(=O)c1cc(OC)c(OC)c(OC)c1. The van der Waals surface area contributed by atoms with Gasteiger partial charge in [0.15, 0.2) is 11.5 Å². The third-order valence-corrected chi connectivity index (χ3v) is 3.29. The molecule has 0 aliphatic heterocycles. The molecule has 1 aromatic carbocycles. The number of carbonyl (C=O) groups is 2. The number of hydrogen-bond acceptors (Lipinski definition) is 5. The van der Waals surface area contributed by atoms with Gasteiger partial charge in [-0.05, 0) is 18.6 Å². The Hall–Kier alpha value is -2.44. The molecule has 7 nitrogen and oxygen atoms in total. The highest BCUT2D eigenvalue weighted by Gasteiger charge is 2.18. The van der Waals surface area contributed by atoms with Crippen molar-refractivity contribution in [2.75, 3.05) is 21.3 Å². The summed E-state index contributed by atoms with van der Waals surface area (Å²) in [5.74, 6) is 0.213. The van der Waals surface area contributed by atoms with E-state index in [0.29, 0.717) is 23.7 Å². The molecule has 1 rings (SSSR count). The van der Waals surface area contributed by atoms with Crippen LogP contribution >= 0.6 is 0 Å². The summed E-state index contributed by atoms with van der Waals surface area (Å²) in [6, 6.07) is 3.01. The summed E-state index contributed by atoms with van der Waals surface area (Å²) in [4.78, 5) is 23.8. The Bertz CT molecular complexity index is 520. The predicted octanol–water partition coefficient (Wildman–Crippen LogP) is 1.52. The first-order valence-corrected chi connectivity index (χ1v) is 6.88. The van der Waals surface area contributed by atoms with Crippen LogP contribution < -0.4 is 25.1 Å². The van der Waals surface area contributed by atoms with Gasteiger partial charge in [0.1, 0.15) is 0 Å². The number of hydrazine groups is 1. The van der Waals surface area contributed by atoms with Crippen molar-refractivity contribution >= 4 is 11.8 Å². The quantitative estimate of drug-likeness (QED) is 0.778. The van der Waals surface area contributed by atoms with Crippen molar-refractivity contribution in [2.45, 2.75) is 20.3 Å². The van der Waals surface area contributed by atoms with E-state index < -0.39 is 5.91 Å². The predicted molar refractivity (Wildman–Crippen MR) is 81.2 cm³/mol. The van der Waals surface area contributed by atoms with Crippen LogP contribution in [0, 0.1) is 5.92 Å². The van der Waals surface area contributed by atoms with Crippen LogP contribution in [0.5, 0.6) is 17.2 Å². The molecule has 0 aromatic heterocycles. The standard InChI is InChI=1S/C15H22N2O5/c1-6-9(2)14(18)16-17-15(19)10-7-11(20-3)13(22-5)12(8-10)21-4/h7-9H,6H2,1-5H3,(H,16,18)(H,17,19). The van der Waals surface area contributed by atoms with Crippen molar-refractivity contribution < 1.29 is 23.8 Å². The fraction of sp³-hybridized carbons (Fsp3) is 0.467. The molecule has 0 heterocycles. The zero-order chi connectivity index (χ0) is 16.7. The molecule has 0 radical (unpaired) electrons. The lowest BCUT2D eigenvalue weighted by molar-refractivity contribution is -0.125. The van der Waals surface area contributed by atoms with E-state index in [-0.39, 0.29) is 17.4 Å². The minimum atomic E-state index is -0.476. The van der Waals surface area contributed by atoms with Crippen molar-refractivity contribution in [3.63, 3.8) is 0 Å². The number of nitrogens with one attached hydrogen (secondary N) is 2. The molecule has 1 unspecified atom stereocenters. The second-order valence-corrected chi connectivity index (χ2v) is 4.67. The number of methoxy groups -OCH3 is 3. The minimum absolute atomic E-state index is 0.180. The van der Waals surface area contributed by atoms with Crippen LogP contribution in [0.4, 0.5) is 0 Å². The molecule has 7 heteroatoms. The number of ether oxygens (including phenoxy) is 3. The van der Waals surface area contributed by atoms with Gasteiger partial charge >= 0.3 is 0 Å². The Labute approximate surface area is 129 Å². The van der Waals surface area contributed by atoms with Crippen LogP contribution in [0.25, 0.3) is 0 Å². The second-order valence-electron chi connectivity index (χ2n) is 4.67. The average molecular weight is 310 g/mol. The third kappa shape index (κ3) is 4.03. The summed E-state index contributed by atoms with van der Waals surface area (Å²) >= 11 is 0. The number of hydrogen-bond donors (Lipinski definition) is 2. The number of amides is 2. The smallest absolute Gasteiger partial charge is 0.269 e. The summed E-state index contributed by atoms with van der Waals surface area (Å²) in [6.45, 7) is 3.67. The first kappa shape index (κ1) is 17.6. The number of benzene rings is 1. The maximum absolute atomic E-state index is 12.1. The highest BCUT2D eigenvalue weighted by molar-refractivity contribution is 5.96. The molecule has 2 amide bonds. The molecule has 0 bridgehead atoms. The zero-order valence-electron chi connectivity index (χ0n) is 13.5. The molecule has 1 atom stereocenters. The molecule has 22 heavy (non-hydrogen) atoms. The summed E-state index contributed by atoms with van der Waals surface area (Å²) in [7, 11) is 4.40. The first-order valence-electron chi connectivity index (χ1n) is 6.88. The molecule has 0 saturated heterocycles. The Morgan fingerprint density at radius 2 is 1.59 bits per heavy atom. The summed E-state index contributed by atoms with van der Waals surface area (Å²) < 4.78 is 15.5. The molecule has 2 N–H and O–H groups in total. The van der Waals surface area contributed by atoms with Crippen molar-refractivity contribution in [2.24, 2.45) is 5.92 Å². The highest BCUT2D eigenvalue weighted by Crippen LogP contribution is 2.38. The first-order chi connectivity index (χ1) is 10.5. The zero-order valence-corrected chi connectivity index (χ0v) is 13.5. The lowest BCUT2D eigenvalue weighted by atomic mass is 10.1. The van der Waals surface area contributed by atoms with Gasteiger partial charge in [-0.3, -0.25) is 20.4 Å². The van der Waals surface area contributed by atoms with Crippen LogP contribution in [0.2, 0.25) is 0 Å². The molecule has 0 aliphatic rings. The van der Waals surface area contributed by atoms with E-state index in [1.54, 1.807) is 6.92 Å². The third-order valence-electron chi connectivity index (χ3n) is 3.29. The van der Waals surface area contributed by atoms with E-state index in [1.807, 2.05) is 6.92 Å². The molecule has 0 spiro atoms. The highest BCUT2D eigenvalue weighted by atomic mass is 16.5. The molecule has 0 aliphatic carbocycles. The van der Waals surface area contributed by atoms with Crippen LogP contribution in [0.15, 0.2) is 12.1 Å². The van der Waals surface area contributed by atoms with Crippen LogP contribution in [-0.4, -0.2) is 33.1 Å². The average Bonchev–Trinajstić information content (AvgIpc) is 2.56. The lowest BCUT2D eigenvalue weighted by Crippen LogP contribution is -2.43. The Morgan fingerprint density at radius 1 is 1.05 bits per heavy atom. The van der Waals surface area contributed by atoms with Crippen molar-refractivity contribution in [1.82, 2.24) is 10.9 Å². The largest absolute Gasteiger partial charge is 0.493 e. The van der Waals surface area contributed by atoms with Gasteiger partial charge in [0, 0.05) is 11.5 Å². The maximum Gasteiger partial charge on any atom is 0.269 e. The van der Waals surface area contributed by atoms with Crippen molar-refractivity contribution in [3.8, 4) is 17.2 Å². The Morgan fingerprint density at radius 3 is 2.00 bits per heavy atom. The normalized spacial score (nSPS) is 11.3. The Kier molecular flexibility index (Phi) is 6.49. The van der Waals surface area contributed by atoms with Gasteiger partial charge in [0.25, 0.3) is 5.91 Å². The number of rotatable bonds is 6. The van der Waals surface area contributed by atoms with E-state index in [1.165, 1.54) is 33.5 Å². The van der Waals surface area contributed by atoms with Gasteiger partial charge in [-0.1, -0.05) is 13.8 Å². The van der Waals surface area contributed by atoms with Gasteiger partial charge in [-0.25, -0.2) is 0 Å². The van der Waals surface area contributed by atoms with Crippen molar-refractivity contribution in [3.05, 3.63) is 17.7 Å². The van der Waals surface area contributed by atoms with E-state index in [9.17, 15) is 9.59 Å². The molecule has 0 saturated carbocycles. The molecule has 0 fully saturated rings. The minimum Gasteiger partial charge on any atom is -0.493 e. The molecule has 1 aromatic rings. The fourth-order valence-corrected chi connectivity index (χ4v) is 1.71. The summed E-state index contributed by atoms with van der Waals surface area (Å²) in [6.07, 6.45) is 0.686. The van der Waals surface area contributed by atoms with E-state index in [2.05, 4.69) is 10.9 Å². The molecular weight excluding hydrogens is 288 g/mol. The van der Waals surface area contributed by atoms with Gasteiger partial charge < -0.3 is 14.2 Å². The van der Waals surface area contributed by atoms with E-state index in [0.717, 1.165) is 0 Å². The fourth-order valence-electron chi connectivity index (χ4n) is 1.71. The number of carbonyl (C=O) groups excluding carboxylic acids is 2. The summed E-state index contributed by atoms with van der Waals surface area (Å²) in [5.41, 5.74) is 5.02. The maximum atomic E-state index is 12.1. The van der Waals surface area contributed by atoms with Crippen LogP contribution in [0.3, 0.4) is 0 Å². The van der Waals surface area contributed by atoms with Gasteiger partial charge in [-0.2, -0.15) is 0 Å². The van der Waals surface area contributed by atoms with Crippen LogP contribution in [-0.2, 0) is 4.79 Å². The summed E-state index contributed by atoms with van der Waals surface area (Å²) in [5, 5.41) is 0. The van der Waals surface area contributed by atoms with Crippen molar-refractivity contribution in [1.29, 1.82) is 0 Å². The second kappa shape index (κ2) is 8.11. The van der Waals surface area contributed by atoms with E-state index >= 15 is 0 Å². The van der Waals surface area contributed by atoms with Crippen LogP contribution in [0.1, 0.15) is 30.6 Å². The van der Waals surface area contributed by atoms with Gasteiger partial charge in [0.05, 0.1) is 21.3 Å². The monoisotopic (exact) mass is 310 g/mol. The topological polar surface area (TPSA) is 85.9 Å². The Balaban J connectivity index is 2.92. The lowest BCUT2D eigenvalue weighted by Gasteiger charge is -2.15. The van der Waals surface area contributed by atoms with Gasteiger partial charge in [-0.15, -0.1) is 0 Å². The van der Waals surface area contributed by atoms with E-state index in [4.69, 9.17) is 14.2 Å². The van der Waals surface area contributed by atoms with Gasteiger partial charge in [0.2, 0.25) is 11.7 Å². The molecule has 122 valence electrons. The molecular formula is C15H22N2O5.